The van der Waals surface area contributed by atoms with Gasteiger partial charge in [0.1, 0.15) is 5.82 Å². The molecule has 5 heteroatoms. The summed E-state index contributed by atoms with van der Waals surface area (Å²) < 4.78 is 2.33. The number of hydrogen-bond donors (Lipinski definition) is 1. The van der Waals surface area contributed by atoms with Crippen LogP contribution in [0.1, 0.15) is 30.7 Å². The predicted octanol–water partition coefficient (Wildman–Crippen LogP) is 4.01. The highest BCUT2D eigenvalue weighted by Crippen LogP contribution is 2.24. The molecule has 0 saturated heterocycles. The molecule has 0 spiro atoms. The molecule has 1 aromatic carbocycles. The highest BCUT2D eigenvalue weighted by Gasteiger charge is 2.14. The lowest BCUT2D eigenvalue weighted by Gasteiger charge is -2.06. The van der Waals surface area contributed by atoms with Gasteiger partial charge in [-0.15, -0.1) is 0 Å². The number of amides is 1. The van der Waals surface area contributed by atoms with E-state index in [-0.39, 0.29) is 5.91 Å². The fourth-order valence-electron chi connectivity index (χ4n) is 3.21. The minimum atomic E-state index is 0.0172. The molecule has 1 N–H and O–H groups in total. The number of nitrogens with one attached hydrogen (secondary N) is 1. The lowest BCUT2D eigenvalue weighted by atomic mass is 10.2. The molecule has 1 aliphatic heterocycles. The minimum Gasteiger partial charge on any atom is -0.328 e. The van der Waals surface area contributed by atoms with E-state index in [4.69, 9.17) is 4.98 Å². The van der Waals surface area contributed by atoms with Gasteiger partial charge in [0.15, 0.2) is 0 Å². The van der Waals surface area contributed by atoms with E-state index < -0.39 is 0 Å². The molecule has 0 radical (unpaired) electrons. The topological polar surface area (TPSA) is 46.9 Å². The van der Waals surface area contributed by atoms with E-state index in [0.29, 0.717) is 6.42 Å². The maximum atomic E-state index is 12.1. The van der Waals surface area contributed by atoms with Crippen molar-refractivity contribution in [2.45, 2.75) is 38.6 Å². The Morgan fingerprint density at radius 2 is 2.22 bits per heavy atom. The summed E-state index contributed by atoms with van der Waals surface area (Å²) in [4.78, 5) is 16.9. The number of aromatic nitrogens is 2. The van der Waals surface area contributed by atoms with Gasteiger partial charge in [0.25, 0.3) is 0 Å². The number of hydrogen-bond acceptors (Lipinski definition) is 3. The van der Waals surface area contributed by atoms with Crippen molar-refractivity contribution in [2.24, 2.45) is 0 Å². The monoisotopic (exact) mass is 325 g/mol. The fourth-order valence-corrected chi connectivity index (χ4v) is 3.88. The summed E-state index contributed by atoms with van der Waals surface area (Å²) in [5.74, 6) is 1.20. The Morgan fingerprint density at radius 1 is 1.26 bits per heavy atom. The van der Waals surface area contributed by atoms with E-state index in [1.807, 2.05) is 29.0 Å². The van der Waals surface area contributed by atoms with Crippen molar-refractivity contribution in [3.63, 3.8) is 0 Å². The second kappa shape index (κ2) is 6.16. The number of aryl methyl sites for hydroxylation is 2. The van der Waals surface area contributed by atoms with Gasteiger partial charge in [-0.1, -0.05) is 6.42 Å². The fraction of sp³-hybridized carbons (Fsp3) is 0.333. The Kier molecular flexibility index (Phi) is 3.87. The Balaban J connectivity index is 1.56. The number of nitrogens with zero attached hydrogens (tertiary/aromatic N) is 2. The summed E-state index contributed by atoms with van der Waals surface area (Å²) in [6, 6.07) is 8.04. The molecule has 3 heterocycles. The molecule has 2 aromatic heterocycles. The van der Waals surface area contributed by atoms with Crippen molar-refractivity contribution >= 4 is 34.0 Å². The van der Waals surface area contributed by atoms with Gasteiger partial charge in [0.2, 0.25) is 5.91 Å². The zero-order valence-corrected chi connectivity index (χ0v) is 13.7. The van der Waals surface area contributed by atoms with Crippen LogP contribution in [0.3, 0.4) is 0 Å². The van der Waals surface area contributed by atoms with Crippen LogP contribution in [0.4, 0.5) is 5.69 Å². The summed E-state index contributed by atoms with van der Waals surface area (Å²) in [5.41, 5.74) is 4.04. The van der Waals surface area contributed by atoms with Crippen LogP contribution in [-0.2, 0) is 24.2 Å². The maximum absolute atomic E-state index is 12.1. The van der Waals surface area contributed by atoms with Gasteiger partial charge in [-0.05, 0) is 53.4 Å². The van der Waals surface area contributed by atoms with Gasteiger partial charge in [-0.3, -0.25) is 4.79 Å². The largest absolute Gasteiger partial charge is 0.328 e. The molecule has 0 atom stereocenters. The van der Waals surface area contributed by atoms with Crippen molar-refractivity contribution < 1.29 is 4.79 Å². The quantitative estimate of drug-likeness (QED) is 0.791. The van der Waals surface area contributed by atoms with Crippen LogP contribution < -0.4 is 5.32 Å². The highest BCUT2D eigenvalue weighted by atomic mass is 32.1. The lowest BCUT2D eigenvalue weighted by molar-refractivity contribution is -0.115. The molecule has 118 valence electrons. The first-order valence-electron chi connectivity index (χ1n) is 8.10. The molecule has 3 aromatic rings. The highest BCUT2D eigenvalue weighted by molar-refractivity contribution is 7.08. The molecule has 0 saturated carbocycles. The number of carbonyl (C=O) groups is 1. The predicted molar refractivity (Wildman–Crippen MR) is 93.9 cm³/mol. The molecular formula is C18H19N3OS. The number of benzene rings is 1. The number of carbonyl (C=O) groups excluding carboxylic acids is 1. The van der Waals surface area contributed by atoms with E-state index in [0.717, 1.165) is 29.7 Å². The molecule has 1 amide bonds. The zero-order valence-electron chi connectivity index (χ0n) is 12.9. The van der Waals surface area contributed by atoms with Crippen molar-refractivity contribution in [1.82, 2.24) is 9.55 Å². The summed E-state index contributed by atoms with van der Waals surface area (Å²) >= 11 is 1.61. The van der Waals surface area contributed by atoms with Gasteiger partial charge in [0.05, 0.1) is 17.5 Å². The van der Waals surface area contributed by atoms with Gasteiger partial charge in [0, 0.05) is 18.7 Å². The molecule has 4 nitrogen and oxygen atoms in total. The first-order chi connectivity index (χ1) is 11.3. The second-order valence-electron chi connectivity index (χ2n) is 6.05. The molecule has 23 heavy (non-hydrogen) atoms. The molecule has 1 aliphatic rings. The smallest absolute Gasteiger partial charge is 0.228 e. The first kappa shape index (κ1) is 14.5. The van der Waals surface area contributed by atoms with E-state index in [1.54, 1.807) is 11.3 Å². The number of rotatable bonds is 3. The van der Waals surface area contributed by atoms with Crippen LogP contribution in [0.2, 0.25) is 0 Å². The Morgan fingerprint density at radius 3 is 3.09 bits per heavy atom. The third-order valence-corrected chi connectivity index (χ3v) is 5.07. The van der Waals surface area contributed by atoms with Gasteiger partial charge < -0.3 is 9.88 Å². The first-order valence-corrected chi connectivity index (χ1v) is 9.04. The van der Waals surface area contributed by atoms with Gasteiger partial charge in [-0.2, -0.15) is 11.3 Å². The van der Waals surface area contributed by atoms with Crippen LogP contribution in [0, 0.1) is 0 Å². The minimum absolute atomic E-state index is 0.0172. The number of fused-ring (bicyclic) bond motifs is 3. The van der Waals surface area contributed by atoms with Crippen LogP contribution in [-0.4, -0.2) is 15.5 Å². The van der Waals surface area contributed by atoms with Crippen molar-refractivity contribution in [2.75, 3.05) is 5.32 Å². The number of imidazole rings is 1. The third kappa shape index (κ3) is 3.01. The Bertz CT molecular complexity index is 835. The Hall–Kier alpha value is -2.14. The molecule has 4 rings (SSSR count). The molecule has 0 unspecified atom stereocenters. The standard InChI is InChI=1S/C18H19N3OS/c22-18(10-13-7-9-23-12-13)19-14-5-6-16-15(11-14)20-17-4-2-1-3-8-21(16)17/h5-7,9,11-12H,1-4,8,10H2,(H,19,22). The second-order valence-corrected chi connectivity index (χ2v) is 6.83. The molecule has 0 fully saturated rings. The normalized spacial score (nSPS) is 14.4. The summed E-state index contributed by atoms with van der Waals surface area (Å²) in [6.45, 7) is 1.05. The number of thiophene rings is 1. The van der Waals surface area contributed by atoms with Crippen LogP contribution >= 0.6 is 11.3 Å². The third-order valence-electron chi connectivity index (χ3n) is 4.34. The van der Waals surface area contributed by atoms with Crippen molar-refractivity contribution in [3.05, 3.63) is 46.4 Å². The van der Waals surface area contributed by atoms with E-state index in [9.17, 15) is 4.79 Å². The summed E-state index contributed by atoms with van der Waals surface area (Å²) in [6.07, 6.45) is 5.18. The number of anilines is 1. The zero-order chi connectivity index (χ0) is 15.6. The molecular weight excluding hydrogens is 306 g/mol. The lowest BCUT2D eigenvalue weighted by Crippen LogP contribution is -2.13. The maximum Gasteiger partial charge on any atom is 0.228 e. The summed E-state index contributed by atoms with van der Waals surface area (Å²) in [5, 5.41) is 6.98. The van der Waals surface area contributed by atoms with Crippen LogP contribution in [0.15, 0.2) is 35.0 Å². The van der Waals surface area contributed by atoms with E-state index in [1.165, 1.54) is 30.6 Å². The van der Waals surface area contributed by atoms with Gasteiger partial charge >= 0.3 is 0 Å². The molecule has 0 aliphatic carbocycles. The van der Waals surface area contributed by atoms with Crippen LogP contribution in [0.5, 0.6) is 0 Å². The average molecular weight is 325 g/mol. The van der Waals surface area contributed by atoms with Gasteiger partial charge in [-0.25, -0.2) is 4.98 Å². The SMILES string of the molecule is O=C(Cc1ccsc1)Nc1ccc2c(c1)nc1n2CCCCC1. The molecule has 0 bridgehead atoms. The van der Waals surface area contributed by atoms with E-state index in [2.05, 4.69) is 16.0 Å². The van der Waals surface area contributed by atoms with Crippen LogP contribution in [0.25, 0.3) is 11.0 Å². The average Bonchev–Trinajstić information content (AvgIpc) is 3.09. The van der Waals surface area contributed by atoms with E-state index >= 15 is 0 Å². The summed E-state index contributed by atoms with van der Waals surface area (Å²) in [7, 11) is 0. The Labute approximate surface area is 139 Å². The van der Waals surface area contributed by atoms with Crippen molar-refractivity contribution in [1.29, 1.82) is 0 Å². The van der Waals surface area contributed by atoms with Crippen molar-refractivity contribution in [3.8, 4) is 0 Å².